The van der Waals surface area contributed by atoms with Crippen molar-refractivity contribution in [1.82, 2.24) is 4.90 Å². The van der Waals surface area contributed by atoms with Gasteiger partial charge in [0.15, 0.2) is 11.5 Å². The fraction of sp³-hybridized carbons (Fsp3) is 0.483. The van der Waals surface area contributed by atoms with Crippen molar-refractivity contribution < 1.29 is 33.6 Å². The van der Waals surface area contributed by atoms with Gasteiger partial charge in [0.1, 0.15) is 11.5 Å². The van der Waals surface area contributed by atoms with Crippen molar-refractivity contribution in [3.8, 4) is 28.7 Å². The van der Waals surface area contributed by atoms with E-state index in [0.717, 1.165) is 36.8 Å². The number of carbonyl (C=O) groups is 1. The van der Waals surface area contributed by atoms with E-state index in [0.29, 0.717) is 41.7 Å². The number of amides is 1. The van der Waals surface area contributed by atoms with E-state index in [-0.39, 0.29) is 17.9 Å². The van der Waals surface area contributed by atoms with E-state index in [2.05, 4.69) is 0 Å². The molecular formula is C29H37NO7. The van der Waals surface area contributed by atoms with Crippen molar-refractivity contribution >= 4 is 12.0 Å². The quantitative estimate of drug-likeness (QED) is 0.517. The first kappa shape index (κ1) is 26.7. The zero-order chi connectivity index (χ0) is 26.6. The van der Waals surface area contributed by atoms with Gasteiger partial charge in [-0.15, -0.1) is 0 Å². The summed E-state index contributed by atoms with van der Waals surface area (Å²) in [5.74, 6) is 2.62. The predicted molar refractivity (Wildman–Crippen MR) is 141 cm³/mol. The second kappa shape index (κ2) is 11.3. The normalized spacial score (nSPS) is 23.4. The molecule has 8 nitrogen and oxygen atoms in total. The van der Waals surface area contributed by atoms with Crippen LogP contribution in [-0.2, 0) is 4.79 Å². The molecule has 1 heterocycles. The number of carbonyl (C=O) groups excluding carboxylic acids is 1. The Labute approximate surface area is 218 Å². The maximum Gasteiger partial charge on any atom is 0.247 e. The minimum absolute atomic E-state index is 0.0872. The van der Waals surface area contributed by atoms with Crippen LogP contribution in [0.25, 0.3) is 6.08 Å². The Hall–Kier alpha value is -3.39. The molecule has 2 aromatic rings. The number of hydrogen-bond donors (Lipinski definition) is 1. The zero-order valence-electron chi connectivity index (χ0n) is 22.3. The molecule has 3 atom stereocenters. The number of nitrogens with zero attached hydrogens (tertiary/aromatic N) is 1. The van der Waals surface area contributed by atoms with Crippen LogP contribution in [0, 0.1) is 5.92 Å². The monoisotopic (exact) mass is 511 g/mol. The molecule has 0 aromatic heterocycles. The molecule has 1 aliphatic carbocycles. The Bertz CT molecular complexity index is 1120. The van der Waals surface area contributed by atoms with Gasteiger partial charge in [0.05, 0.1) is 47.2 Å². The van der Waals surface area contributed by atoms with Gasteiger partial charge in [0.25, 0.3) is 0 Å². The first-order valence-corrected chi connectivity index (χ1v) is 12.6. The molecule has 200 valence electrons. The summed E-state index contributed by atoms with van der Waals surface area (Å²) in [6.07, 6.45) is 7.47. The molecule has 2 aliphatic rings. The zero-order valence-corrected chi connectivity index (χ0v) is 22.3. The minimum atomic E-state index is -0.801. The number of fused-ring (bicyclic) bond motifs is 1. The molecule has 1 amide bonds. The SMILES string of the molecule is COc1ccc([C@H]2[C@H]3CCCC[C@]3(O)CCN2C(=O)/C=C/c2cc(OC)c(OC)c(OC)c2)c(OC)c1. The van der Waals surface area contributed by atoms with Crippen molar-refractivity contribution in [2.24, 2.45) is 5.92 Å². The van der Waals surface area contributed by atoms with Crippen molar-refractivity contribution in [1.29, 1.82) is 0 Å². The molecule has 37 heavy (non-hydrogen) atoms. The molecule has 4 rings (SSSR count). The summed E-state index contributed by atoms with van der Waals surface area (Å²) in [4.78, 5) is 15.6. The van der Waals surface area contributed by atoms with Crippen LogP contribution in [-0.4, -0.2) is 63.6 Å². The lowest BCUT2D eigenvalue weighted by Crippen LogP contribution is -2.56. The fourth-order valence-corrected chi connectivity index (χ4v) is 5.84. The predicted octanol–water partition coefficient (Wildman–Crippen LogP) is 4.64. The molecule has 1 saturated carbocycles. The summed E-state index contributed by atoms with van der Waals surface area (Å²) in [5, 5.41) is 11.6. The third-order valence-electron chi connectivity index (χ3n) is 7.72. The third-order valence-corrected chi connectivity index (χ3v) is 7.72. The van der Waals surface area contributed by atoms with Gasteiger partial charge in [-0.3, -0.25) is 4.79 Å². The van der Waals surface area contributed by atoms with E-state index in [1.165, 1.54) is 0 Å². The second-order valence-electron chi connectivity index (χ2n) is 9.58. The maximum absolute atomic E-state index is 13.7. The van der Waals surface area contributed by atoms with E-state index in [4.69, 9.17) is 23.7 Å². The molecule has 8 heteroatoms. The van der Waals surface area contributed by atoms with Crippen molar-refractivity contribution in [3.05, 3.63) is 47.5 Å². The fourth-order valence-electron chi connectivity index (χ4n) is 5.84. The Balaban J connectivity index is 1.70. The molecule has 1 saturated heterocycles. The maximum atomic E-state index is 13.7. The van der Waals surface area contributed by atoms with Gasteiger partial charge in [0, 0.05) is 30.2 Å². The van der Waals surface area contributed by atoms with Gasteiger partial charge < -0.3 is 33.7 Å². The number of methoxy groups -OCH3 is 5. The Morgan fingerprint density at radius 2 is 1.62 bits per heavy atom. The number of piperidine rings is 1. The number of aliphatic hydroxyl groups is 1. The summed E-state index contributed by atoms with van der Waals surface area (Å²) in [6.45, 7) is 0.450. The third kappa shape index (κ3) is 5.21. The van der Waals surface area contributed by atoms with Crippen LogP contribution in [0.1, 0.15) is 49.3 Å². The molecule has 0 radical (unpaired) electrons. The van der Waals surface area contributed by atoms with E-state index < -0.39 is 5.60 Å². The summed E-state index contributed by atoms with van der Waals surface area (Å²) >= 11 is 0. The van der Waals surface area contributed by atoms with Gasteiger partial charge in [-0.25, -0.2) is 0 Å². The minimum Gasteiger partial charge on any atom is -0.497 e. The number of benzene rings is 2. The topological polar surface area (TPSA) is 86.7 Å². The molecular weight excluding hydrogens is 474 g/mol. The van der Waals surface area contributed by atoms with Crippen LogP contribution >= 0.6 is 0 Å². The lowest BCUT2D eigenvalue weighted by molar-refractivity contribution is -0.151. The highest BCUT2D eigenvalue weighted by Crippen LogP contribution is 2.51. The van der Waals surface area contributed by atoms with Gasteiger partial charge in [-0.05, 0) is 55.2 Å². The lowest BCUT2D eigenvalue weighted by Gasteiger charge is -2.52. The Morgan fingerprint density at radius 3 is 2.24 bits per heavy atom. The molecule has 0 unspecified atom stereocenters. The van der Waals surface area contributed by atoms with Crippen LogP contribution in [0.5, 0.6) is 28.7 Å². The smallest absolute Gasteiger partial charge is 0.247 e. The molecule has 1 N–H and O–H groups in total. The van der Waals surface area contributed by atoms with Crippen LogP contribution in [0.4, 0.5) is 0 Å². The van der Waals surface area contributed by atoms with E-state index in [1.807, 2.05) is 23.1 Å². The molecule has 2 aromatic carbocycles. The molecule has 2 fully saturated rings. The highest BCUT2D eigenvalue weighted by atomic mass is 16.5. The first-order chi connectivity index (χ1) is 17.9. The van der Waals surface area contributed by atoms with Crippen molar-refractivity contribution in [2.45, 2.75) is 43.7 Å². The molecule has 1 aliphatic heterocycles. The van der Waals surface area contributed by atoms with Gasteiger partial charge in [-0.2, -0.15) is 0 Å². The summed E-state index contributed by atoms with van der Waals surface area (Å²) in [6, 6.07) is 8.93. The average Bonchev–Trinajstić information content (AvgIpc) is 2.93. The van der Waals surface area contributed by atoms with Crippen molar-refractivity contribution in [3.63, 3.8) is 0 Å². The van der Waals surface area contributed by atoms with Gasteiger partial charge in [0.2, 0.25) is 11.7 Å². The van der Waals surface area contributed by atoms with Crippen LogP contribution in [0.2, 0.25) is 0 Å². The number of rotatable bonds is 8. The lowest BCUT2D eigenvalue weighted by atomic mass is 9.66. The number of ether oxygens (including phenoxy) is 5. The summed E-state index contributed by atoms with van der Waals surface area (Å²) in [5.41, 5.74) is 0.820. The second-order valence-corrected chi connectivity index (χ2v) is 9.58. The van der Waals surface area contributed by atoms with Crippen LogP contribution in [0.15, 0.2) is 36.4 Å². The standard InChI is InChI=1S/C29H37NO7/c1-33-20-10-11-21(23(18-20)34-2)27-22-8-6-7-13-29(22,32)14-15-30(27)26(31)12-9-19-16-24(35-3)28(37-5)25(17-19)36-4/h9-12,16-18,22,27,32H,6-8,13-15H2,1-5H3/b12-9+/t22-,27+,29+/m1/s1. The summed E-state index contributed by atoms with van der Waals surface area (Å²) in [7, 11) is 7.89. The first-order valence-electron chi connectivity index (χ1n) is 12.6. The molecule has 0 bridgehead atoms. The van der Waals surface area contributed by atoms with E-state index in [1.54, 1.807) is 59.8 Å². The van der Waals surface area contributed by atoms with Gasteiger partial charge in [-0.1, -0.05) is 12.8 Å². The van der Waals surface area contributed by atoms with E-state index >= 15 is 0 Å². The van der Waals surface area contributed by atoms with Crippen LogP contribution < -0.4 is 23.7 Å². The van der Waals surface area contributed by atoms with Crippen LogP contribution in [0.3, 0.4) is 0 Å². The number of likely N-dealkylation sites (tertiary alicyclic amines) is 1. The van der Waals surface area contributed by atoms with Gasteiger partial charge >= 0.3 is 0 Å². The number of hydrogen-bond acceptors (Lipinski definition) is 7. The molecule has 0 spiro atoms. The van der Waals surface area contributed by atoms with Crippen molar-refractivity contribution in [2.75, 3.05) is 42.1 Å². The highest BCUT2D eigenvalue weighted by Gasteiger charge is 2.50. The highest BCUT2D eigenvalue weighted by molar-refractivity contribution is 5.92. The average molecular weight is 512 g/mol. The van der Waals surface area contributed by atoms with E-state index in [9.17, 15) is 9.90 Å². The largest absolute Gasteiger partial charge is 0.497 e. The summed E-state index contributed by atoms with van der Waals surface area (Å²) < 4.78 is 27.4. The Kier molecular flexibility index (Phi) is 8.17. The Morgan fingerprint density at radius 1 is 0.919 bits per heavy atom.